The highest BCUT2D eigenvalue weighted by molar-refractivity contribution is 7.16. The van der Waals surface area contributed by atoms with E-state index in [1.165, 1.54) is 16.2 Å². The Labute approximate surface area is 108 Å². The van der Waals surface area contributed by atoms with Gasteiger partial charge in [-0.3, -0.25) is 0 Å². The molecule has 1 aliphatic heterocycles. The summed E-state index contributed by atoms with van der Waals surface area (Å²) < 4.78 is 4.97. The van der Waals surface area contributed by atoms with Crippen molar-refractivity contribution in [3.05, 3.63) is 16.0 Å². The number of rotatable bonds is 2. The van der Waals surface area contributed by atoms with E-state index in [9.17, 15) is 9.59 Å². The SMILES string of the molecule is CCOC(=O)c1c(N)sc2c1CCN(C(=O)O)C2. The average Bonchev–Trinajstić information content (AvgIpc) is 2.63. The second-order valence-corrected chi connectivity index (χ2v) is 5.05. The third-order valence-corrected chi connectivity index (χ3v) is 3.88. The van der Waals surface area contributed by atoms with Crippen molar-refractivity contribution in [2.24, 2.45) is 0 Å². The van der Waals surface area contributed by atoms with Crippen LogP contribution in [0.5, 0.6) is 0 Å². The molecule has 0 saturated carbocycles. The van der Waals surface area contributed by atoms with Crippen LogP contribution in [0.2, 0.25) is 0 Å². The summed E-state index contributed by atoms with van der Waals surface area (Å²) in [7, 11) is 0. The number of hydrogen-bond acceptors (Lipinski definition) is 5. The van der Waals surface area contributed by atoms with E-state index in [4.69, 9.17) is 15.6 Å². The lowest BCUT2D eigenvalue weighted by molar-refractivity contribution is 0.0526. The number of nitrogens with two attached hydrogens (primary N) is 1. The number of thiophene rings is 1. The number of anilines is 1. The number of nitrogens with zero attached hydrogens (tertiary/aromatic N) is 1. The summed E-state index contributed by atoms with van der Waals surface area (Å²) >= 11 is 1.26. The van der Waals surface area contributed by atoms with E-state index < -0.39 is 12.1 Å². The molecular formula is C11H14N2O4S. The highest BCUT2D eigenvalue weighted by atomic mass is 32.1. The van der Waals surface area contributed by atoms with Gasteiger partial charge in [-0.15, -0.1) is 11.3 Å². The number of carbonyl (C=O) groups excluding carboxylic acids is 1. The van der Waals surface area contributed by atoms with E-state index in [0.717, 1.165) is 10.4 Å². The Morgan fingerprint density at radius 1 is 1.56 bits per heavy atom. The van der Waals surface area contributed by atoms with E-state index in [1.54, 1.807) is 6.92 Å². The van der Waals surface area contributed by atoms with Crippen molar-refractivity contribution in [2.45, 2.75) is 19.9 Å². The summed E-state index contributed by atoms with van der Waals surface area (Å²) in [4.78, 5) is 24.8. The smallest absolute Gasteiger partial charge is 0.407 e. The number of ether oxygens (including phenoxy) is 1. The van der Waals surface area contributed by atoms with Crippen LogP contribution in [0.4, 0.5) is 9.80 Å². The van der Waals surface area contributed by atoms with Gasteiger partial charge < -0.3 is 20.5 Å². The van der Waals surface area contributed by atoms with Crippen molar-refractivity contribution in [3.63, 3.8) is 0 Å². The van der Waals surface area contributed by atoms with E-state index in [1.807, 2.05) is 0 Å². The van der Waals surface area contributed by atoms with Crippen LogP contribution in [0.3, 0.4) is 0 Å². The molecule has 0 unspecified atom stereocenters. The van der Waals surface area contributed by atoms with Gasteiger partial charge in [0, 0.05) is 11.4 Å². The molecule has 6 nitrogen and oxygen atoms in total. The van der Waals surface area contributed by atoms with E-state index >= 15 is 0 Å². The normalized spacial score (nSPS) is 14.2. The molecule has 0 spiro atoms. The second-order valence-electron chi connectivity index (χ2n) is 3.92. The van der Waals surface area contributed by atoms with Gasteiger partial charge in [-0.05, 0) is 18.9 Å². The molecule has 1 aromatic heterocycles. The zero-order chi connectivity index (χ0) is 13.3. The molecule has 0 fully saturated rings. The molecule has 2 rings (SSSR count). The second kappa shape index (κ2) is 4.85. The molecular weight excluding hydrogens is 256 g/mol. The molecule has 0 saturated heterocycles. The zero-order valence-corrected chi connectivity index (χ0v) is 10.7. The Morgan fingerprint density at radius 3 is 2.89 bits per heavy atom. The Kier molecular flexibility index (Phi) is 3.42. The standard InChI is InChI=1S/C11H14N2O4S/c1-2-17-10(14)8-6-3-4-13(11(15)16)5-7(6)18-9(8)12/h2-5,12H2,1H3,(H,15,16). The monoisotopic (exact) mass is 270 g/mol. The van der Waals surface area contributed by atoms with Crippen molar-refractivity contribution in [3.8, 4) is 0 Å². The maximum atomic E-state index is 11.8. The Balaban J connectivity index is 2.31. The van der Waals surface area contributed by atoms with Crippen molar-refractivity contribution in [2.75, 3.05) is 18.9 Å². The molecule has 0 bridgehead atoms. The largest absolute Gasteiger partial charge is 0.465 e. The van der Waals surface area contributed by atoms with Gasteiger partial charge in [0.25, 0.3) is 0 Å². The predicted octanol–water partition coefficient (Wildman–Crippen LogP) is 1.54. The summed E-state index contributed by atoms with van der Waals surface area (Å²) in [6.45, 7) is 2.70. The Hall–Kier alpha value is -1.76. The van der Waals surface area contributed by atoms with E-state index in [-0.39, 0.29) is 0 Å². The molecule has 98 valence electrons. The maximum Gasteiger partial charge on any atom is 0.407 e. The van der Waals surface area contributed by atoms with E-state index in [0.29, 0.717) is 36.7 Å². The van der Waals surface area contributed by atoms with Crippen LogP contribution in [0.1, 0.15) is 27.7 Å². The van der Waals surface area contributed by atoms with Crippen molar-refractivity contribution >= 4 is 28.4 Å². The van der Waals surface area contributed by atoms with Crippen LogP contribution in [0, 0.1) is 0 Å². The quantitative estimate of drug-likeness (QED) is 0.795. The van der Waals surface area contributed by atoms with Gasteiger partial charge in [0.05, 0.1) is 18.7 Å². The minimum absolute atomic E-state index is 0.291. The van der Waals surface area contributed by atoms with Crippen LogP contribution in [-0.2, 0) is 17.7 Å². The molecule has 1 aromatic rings. The molecule has 1 aliphatic rings. The Morgan fingerprint density at radius 2 is 2.28 bits per heavy atom. The summed E-state index contributed by atoms with van der Waals surface area (Å²) in [5, 5.41) is 9.35. The van der Waals surface area contributed by atoms with Gasteiger partial charge in [-0.1, -0.05) is 0 Å². The Bertz CT molecular complexity index is 497. The number of fused-ring (bicyclic) bond motifs is 1. The summed E-state index contributed by atoms with van der Waals surface area (Å²) in [6, 6.07) is 0. The van der Waals surface area contributed by atoms with Crippen LogP contribution >= 0.6 is 11.3 Å². The molecule has 3 N–H and O–H groups in total. The molecule has 0 radical (unpaired) electrons. The summed E-state index contributed by atoms with van der Waals surface area (Å²) in [6.07, 6.45) is -0.450. The van der Waals surface area contributed by atoms with Gasteiger partial charge in [0.2, 0.25) is 0 Å². The zero-order valence-electron chi connectivity index (χ0n) is 9.93. The first-order valence-corrected chi connectivity index (χ1v) is 6.41. The number of carbonyl (C=O) groups is 2. The molecule has 0 aromatic carbocycles. The van der Waals surface area contributed by atoms with E-state index in [2.05, 4.69) is 0 Å². The van der Waals surface area contributed by atoms with Gasteiger partial charge >= 0.3 is 12.1 Å². The molecule has 7 heteroatoms. The molecule has 1 amide bonds. The molecule has 2 heterocycles. The van der Waals surface area contributed by atoms with Gasteiger partial charge in [0.1, 0.15) is 5.00 Å². The molecule has 18 heavy (non-hydrogen) atoms. The first-order chi connectivity index (χ1) is 8.54. The minimum Gasteiger partial charge on any atom is -0.465 e. The summed E-state index contributed by atoms with van der Waals surface area (Å²) in [5.41, 5.74) is 7.09. The number of nitrogen functional groups attached to an aromatic ring is 1. The molecule has 0 aliphatic carbocycles. The first-order valence-electron chi connectivity index (χ1n) is 5.59. The summed E-state index contributed by atoms with van der Waals surface area (Å²) in [5.74, 6) is -0.420. The number of carboxylic acid groups (broad SMARTS) is 1. The maximum absolute atomic E-state index is 11.8. The van der Waals surface area contributed by atoms with Gasteiger partial charge in [-0.2, -0.15) is 0 Å². The fraction of sp³-hybridized carbons (Fsp3) is 0.455. The van der Waals surface area contributed by atoms with Crippen LogP contribution in [0.15, 0.2) is 0 Å². The van der Waals surface area contributed by atoms with Gasteiger partial charge in [0.15, 0.2) is 0 Å². The van der Waals surface area contributed by atoms with Crippen molar-refractivity contribution in [1.82, 2.24) is 4.90 Å². The topological polar surface area (TPSA) is 92.9 Å². The lowest BCUT2D eigenvalue weighted by atomic mass is 10.0. The number of hydrogen-bond donors (Lipinski definition) is 2. The lowest BCUT2D eigenvalue weighted by Crippen LogP contribution is -2.34. The number of amides is 1. The predicted molar refractivity (Wildman–Crippen MR) is 66.8 cm³/mol. The van der Waals surface area contributed by atoms with Crippen LogP contribution < -0.4 is 5.73 Å². The van der Waals surface area contributed by atoms with Crippen molar-refractivity contribution in [1.29, 1.82) is 0 Å². The fourth-order valence-electron chi connectivity index (χ4n) is 2.02. The molecule has 0 atom stereocenters. The van der Waals surface area contributed by atoms with Crippen molar-refractivity contribution < 1.29 is 19.4 Å². The van der Waals surface area contributed by atoms with Crippen LogP contribution in [-0.4, -0.2) is 35.2 Å². The average molecular weight is 270 g/mol. The number of esters is 1. The fourth-order valence-corrected chi connectivity index (χ4v) is 3.14. The highest BCUT2D eigenvalue weighted by Crippen LogP contribution is 2.35. The highest BCUT2D eigenvalue weighted by Gasteiger charge is 2.29. The first kappa shape index (κ1) is 12.7. The minimum atomic E-state index is -0.953. The third-order valence-electron chi connectivity index (χ3n) is 2.83. The van der Waals surface area contributed by atoms with Gasteiger partial charge in [-0.25, -0.2) is 9.59 Å². The van der Waals surface area contributed by atoms with Crippen LogP contribution in [0.25, 0.3) is 0 Å². The third kappa shape index (κ3) is 2.13. The lowest BCUT2D eigenvalue weighted by Gasteiger charge is -2.24.